The van der Waals surface area contributed by atoms with E-state index in [2.05, 4.69) is 4.98 Å². The number of alkyl halides is 6. The van der Waals surface area contributed by atoms with Crippen LogP contribution < -0.4 is 0 Å². The zero-order valence-corrected chi connectivity index (χ0v) is 8.56. The Morgan fingerprint density at radius 1 is 0.938 bits per heavy atom. The Morgan fingerprint density at radius 2 is 1.44 bits per heavy atom. The minimum Gasteiger partial charge on any atom is -0.242 e. The summed E-state index contributed by atoms with van der Waals surface area (Å²) < 4.78 is 73.8. The molecule has 1 aromatic heterocycles. The summed E-state index contributed by atoms with van der Waals surface area (Å²) >= 11 is 10.2. The molecule has 0 aliphatic carbocycles. The number of rotatable bonds is 0. The molecule has 0 aliphatic heterocycles. The molecule has 0 unspecified atom stereocenters. The van der Waals surface area contributed by atoms with Gasteiger partial charge in [-0.15, -0.1) is 0 Å². The van der Waals surface area contributed by atoms with Gasteiger partial charge in [0.2, 0.25) is 0 Å². The summed E-state index contributed by atoms with van der Waals surface area (Å²) in [6, 6.07) is 0. The van der Waals surface area contributed by atoms with Crippen molar-refractivity contribution in [2.45, 2.75) is 12.4 Å². The van der Waals surface area contributed by atoms with Crippen LogP contribution in [0.2, 0.25) is 10.2 Å². The van der Waals surface area contributed by atoms with Gasteiger partial charge in [-0.25, -0.2) is 4.98 Å². The van der Waals surface area contributed by atoms with Crippen molar-refractivity contribution in [2.24, 2.45) is 0 Å². The second kappa shape index (κ2) is 3.96. The first-order valence-electron chi connectivity index (χ1n) is 3.53. The second-order valence-corrected chi connectivity index (χ2v) is 3.38. The van der Waals surface area contributed by atoms with Crippen LogP contribution in [0.4, 0.5) is 26.3 Å². The highest BCUT2D eigenvalue weighted by molar-refractivity contribution is 6.41. The summed E-state index contributed by atoms with van der Waals surface area (Å²) in [5.41, 5.74) is -3.99. The maximum atomic E-state index is 12.3. The Labute approximate surface area is 95.0 Å². The van der Waals surface area contributed by atoms with Crippen molar-refractivity contribution in [2.75, 3.05) is 0 Å². The number of pyridine rings is 1. The largest absolute Gasteiger partial charge is 0.418 e. The Hall–Kier alpha value is -0.690. The molecule has 0 atom stereocenters. The van der Waals surface area contributed by atoms with Gasteiger partial charge in [-0.05, 0) is 0 Å². The molecule has 0 radical (unpaired) electrons. The lowest BCUT2D eigenvalue weighted by Gasteiger charge is -2.16. The second-order valence-electron chi connectivity index (χ2n) is 2.65. The van der Waals surface area contributed by atoms with E-state index in [9.17, 15) is 26.3 Å². The molecule has 90 valence electrons. The quantitative estimate of drug-likeness (QED) is 0.507. The number of hydrogen-bond acceptors (Lipinski definition) is 1. The molecule has 0 saturated carbocycles. The zero-order chi connectivity index (χ0) is 12.7. The van der Waals surface area contributed by atoms with Crippen LogP contribution in [0.5, 0.6) is 0 Å². The lowest BCUT2D eigenvalue weighted by molar-refractivity contribution is -0.162. The fraction of sp³-hybridized carbons (Fsp3) is 0.286. The average Bonchev–Trinajstić information content (AvgIpc) is 2.05. The van der Waals surface area contributed by atoms with Crippen LogP contribution in [-0.4, -0.2) is 4.98 Å². The summed E-state index contributed by atoms with van der Waals surface area (Å²) in [5.74, 6) is 0. The van der Waals surface area contributed by atoms with Crippen LogP contribution in [0.3, 0.4) is 0 Å². The van der Waals surface area contributed by atoms with E-state index in [4.69, 9.17) is 23.2 Å². The summed E-state index contributed by atoms with van der Waals surface area (Å²) in [5, 5.41) is -2.09. The maximum absolute atomic E-state index is 12.3. The number of hydrogen-bond donors (Lipinski definition) is 0. The molecule has 0 aliphatic rings. The molecule has 0 fully saturated rings. The molecule has 9 heteroatoms. The highest BCUT2D eigenvalue weighted by Gasteiger charge is 2.45. The van der Waals surface area contributed by atoms with Gasteiger partial charge < -0.3 is 0 Å². The predicted octanol–water partition coefficient (Wildman–Crippen LogP) is 4.43. The van der Waals surface area contributed by atoms with Crippen LogP contribution in [0.15, 0.2) is 6.20 Å². The number of halogens is 8. The molecular weight excluding hydrogens is 283 g/mol. The van der Waals surface area contributed by atoms with Crippen LogP contribution in [0.1, 0.15) is 11.1 Å². The smallest absolute Gasteiger partial charge is 0.242 e. The Kier molecular flexibility index (Phi) is 3.31. The van der Waals surface area contributed by atoms with Crippen molar-refractivity contribution >= 4 is 23.2 Å². The summed E-state index contributed by atoms with van der Waals surface area (Å²) in [6.45, 7) is 0. The topological polar surface area (TPSA) is 12.9 Å². The Balaban J connectivity index is 3.59. The molecule has 0 amide bonds. The van der Waals surface area contributed by atoms with E-state index in [1.165, 1.54) is 0 Å². The average molecular weight is 284 g/mol. The van der Waals surface area contributed by atoms with Crippen molar-refractivity contribution < 1.29 is 26.3 Å². The standard InChI is InChI=1S/C7HCl2F6N/c8-4-3(7(13,14)15)2(6(10,11)12)1-16-5(4)9/h1H. The molecule has 1 heterocycles. The first-order valence-corrected chi connectivity index (χ1v) is 4.29. The van der Waals surface area contributed by atoms with Gasteiger partial charge in [0.25, 0.3) is 0 Å². The molecule has 1 nitrogen and oxygen atoms in total. The van der Waals surface area contributed by atoms with Crippen molar-refractivity contribution in [1.82, 2.24) is 4.98 Å². The van der Waals surface area contributed by atoms with Crippen molar-refractivity contribution in [3.63, 3.8) is 0 Å². The van der Waals surface area contributed by atoms with E-state index in [-0.39, 0.29) is 6.20 Å². The Bertz CT molecular complexity index is 411. The van der Waals surface area contributed by atoms with E-state index < -0.39 is 33.7 Å². The molecular formula is C7HCl2F6N. The number of aromatic nitrogens is 1. The molecule has 16 heavy (non-hydrogen) atoms. The van der Waals surface area contributed by atoms with Crippen LogP contribution in [0, 0.1) is 0 Å². The third-order valence-electron chi connectivity index (χ3n) is 1.57. The van der Waals surface area contributed by atoms with Gasteiger partial charge in [-0.3, -0.25) is 0 Å². The molecule has 1 rings (SSSR count). The molecule has 1 aromatic rings. The SMILES string of the molecule is FC(F)(F)c1cnc(Cl)c(Cl)c1C(F)(F)F. The van der Waals surface area contributed by atoms with Crippen LogP contribution in [-0.2, 0) is 12.4 Å². The van der Waals surface area contributed by atoms with E-state index in [0.29, 0.717) is 0 Å². The van der Waals surface area contributed by atoms with E-state index in [0.717, 1.165) is 0 Å². The first-order chi connectivity index (χ1) is 7.05. The lowest BCUT2D eigenvalue weighted by Crippen LogP contribution is -2.17. The van der Waals surface area contributed by atoms with Gasteiger partial charge in [0.15, 0.2) is 0 Å². The van der Waals surface area contributed by atoms with Crippen molar-refractivity contribution in [1.29, 1.82) is 0 Å². The monoisotopic (exact) mass is 283 g/mol. The molecule has 0 spiro atoms. The van der Waals surface area contributed by atoms with Gasteiger partial charge in [0.05, 0.1) is 16.1 Å². The van der Waals surface area contributed by atoms with E-state index in [1.54, 1.807) is 0 Å². The van der Waals surface area contributed by atoms with Crippen LogP contribution >= 0.6 is 23.2 Å². The predicted molar refractivity (Wildman–Crippen MR) is 44.3 cm³/mol. The van der Waals surface area contributed by atoms with Gasteiger partial charge in [-0.2, -0.15) is 26.3 Å². The van der Waals surface area contributed by atoms with E-state index >= 15 is 0 Å². The first kappa shape index (κ1) is 13.4. The fourth-order valence-electron chi connectivity index (χ4n) is 0.956. The summed E-state index contributed by atoms with van der Waals surface area (Å²) in [6.07, 6.45) is -10.5. The summed E-state index contributed by atoms with van der Waals surface area (Å²) in [4.78, 5) is 2.93. The van der Waals surface area contributed by atoms with Gasteiger partial charge in [-0.1, -0.05) is 23.2 Å². The molecule has 0 saturated heterocycles. The van der Waals surface area contributed by atoms with Gasteiger partial charge in [0.1, 0.15) is 5.15 Å². The Morgan fingerprint density at radius 3 is 1.81 bits per heavy atom. The van der Waals surface area contributed by atoms with Gasteiger partial charge >= 0.3 is 12.4 Å². The lowest BCUT2D eigenvalue weighted by atomic mass is 10.1. The van der Waals surface area contributed by atoms with E-state index in [1.807, 2.05) is 0 Å². The molecule has 0 bridgehead atoms. The normalized spacial score (nSPS) is 13.0. The minimum atomic E-state index is -5.26. The highest BCUT2D eigenvalue weighted by Crippen LogP contribution is 2.44. The van der Waals surface area contributed by atoms with Crippen molar-refractivity contribution in [3.05, 3.63) is 27.5 Å². The molecule has 0 N–H and O–H groups in total. The molecule has 0 aromatic carbocycles. The minimum absolute atomic E-state index is 0.00294. The summed E-state index contributed by atoms with van der Waals surface area (Å²) in [7, 11) is 0. The van der Waals surface area contributed by atoms with Crippen LogP contribution in [0.25, 0.3) is 0 Å². The third kappa shape index (κ3) is 2.52. The number of nitrogens with zero attached hydrogens (tertiary/aromatic N) is 1. The van der Waals surface area contributed by atoms with Gasteiger partial charge in [0, 0.05) is 6.20 Å². The highest BCUT2D eigenvalue weighted by atomic mass is 35.5. The third-order valence-corrected chi connectivity index (χ3v) is 2.32. The fourth-order valence-corrected chi connectivity index (χ4v) is 1.36. The zero-order valence-electron chi connectivity index (χ0n) is 7.05. The maximum Gasteiger partial charge on any atom is 0.418 e. The van der Waals surface area contributed by atoms with Crippen molar-refractivity contribution in [3.8, 4) is 0 Å².